The fourth-order valence-electron chi connectivity index (χ4n) is 10.6. The first kappa shape index (κ1) is 83.5. The summed E-state index contributed by atoms with van der Waals surface area (Å²) in [7, 11) is 1.18. The summed E-state index contributed by atoms with van der Waals surface area (Å²) in [6.45, 7) is 4.18. The van der Waals surface area contributed by atoms with E-state index in [4.69, 9.17) is 18.5 Å². The zero-order valence-corrected chi connectivity index (χ0v) is 58.2. The predicted octanol–water partition coefficient (Wildman–Crippen LogP) is 23.3. The summed E-state index contributed by atoms with van der Waals surface area (Å²) in [5.41, 5.74) is 0. The van der Waals surface area contributed by atoms with E-state index in [0.717, 1.165) is 70.6 Å². The number of ether oxygens (including phenoxy) is 2. The summed E-state index contributed by atoms with van der Waals surface area (Å²) >= 11 is 0. The fourth-order valence-corrected chi connectivity index (χ4v) is 11.4. The molecule has 0 aromatic carbocycles. The van der Waals surface area contributed by atoms with E-state index in [2.05, 4.69) is 86.8 Å². The summed E-state index contributed by atoms with van der Waals surface area (Å²) in [4.78, 5) is 38.1. The molecule has 0 spiro atoms. The Balaban J connectivity index is 3.99. The van der Waals surface area contributed by atoms with Crippen molar-refractivity contribution in [3.63, 3.8) is 0 Å². The Bertz CT molecular complexity index is 1680. The number of hydrogen-bond acceptors (Lipinski definition) is 8. The van der Waals surface area contributed by atoms with Crippen molar-refractivity contribution in [2.45, 2.75) is 354 Å². The molecule has 2 unspecified atom stereocenters. The number of rotatable bonds is 68. The van der Waals surface area contributed by atoms with Gasteiger partial charge in [-0.25, -0.2) is 0 Å². The molecule has 0 amide bonds. The average Bonchev–Trinajstić information content (AvgIpc) is 3.56. The highest BCUT2D eigenvalue weighted by atomic mass is 31.2. The number of carbonyl (C=O) groups excluding carboxylic acids is 2. The number of phosphoric ester groups is 1. The van der Waals surface area contributed by atoms with Gasteiger partial charge in [-0.15, -0.1) is 0 Å². The maximum Gasteiger partial charge on any atom is 0.306 e. The van der Waals surface area contributed by atoms with Crippen LogP contribution in [0.2, 0.25) is 0 Å². The minimum atomic E-state index is -4.64. The van der Waals surface area contributed by atoms with Gasteiger partial charge >= 0.3 is 11.9 Å². The van der Waals surface area contributed by atoms with Crippen molar-refractivity contribution < 1.29 is 42.1 Å². The minimum absolute atomic E-state index is 0.0307. The van der Waals surface area contributed by atoms with Gasteiger partial charge in [-0.3, -0.25) is 14.2 Å². The lowest BCUT2D eigenvalue weighted by Crippen LogP contribution is -2.37. The monoisotopic (exact) mass is 1230 g/mol. The third kappa shape index (κ3) is 70.5. The standard InChI is InChI=1S/C76H140NO8P/c1-6-8-10-12-14-16-18-20-22-24-26-28-30-32-34-36-38-40-42-44-46-48-50-52-54-56-58-60-62-64-66-68-75(78)82-72-74(73-84-86(80,81)83-71-70-77(3,4)5)85-76(79)69-67-65-63-61-59-57-55-53-51-49-47-45-43-41-39-37-35-33-31-29-27-25-23-21-19-17-15-13-11-9-7-2/h9,11,15,17,21,23-24,26-27,29,33,35,74H,6-8,10,12-14,16,18-20,22,25,28,30-32,34,36-73H2,1-5H3/b11-9-,17-15-,23-21-,26-24-,29-27-,35-33-. The Morgan fingerprint density at radius 3 is 1.00 bits per heavy atom. The Hall–Kier alpha value is -2.55. The minimum Gasteiger partial charge on any atom is -0.756 e. The molecule has 10 heteroatoms. The lowest BCUT2D eigenvalue weighted by molar-refractivity contribution is -0.870. The summed E-state index contributed by atoms with van der Waals surface area (Å²) in [5.74, 6) is -0.818. The van der Waals surface area contributed by atoms with Gasteiger partial charge in [0, 0.05) is 12.8 Å². The van der Waals surface area contributed by atoms with E-state index >= 15 is 0 Å². The van der Waals surface area contributed by atoms with Gasteiger partial charge in [0.2, 0.25) is 0 Å². The van der Waals surface area contributed by atoms with Crippen LogP contribution in [-0.2, 0) is 32.7 Å². The molecule has 0 aromatic rings. The molecule has 0 heterocycles. The molecule has 0 aromatic heterocycles. The van der Waals surface area contributed by atoms with Gasteiger partial charge in [0.15, 0.2) is 6.10 Å². The topological polar surface area (TPSA) is 111 Å². The van der Waals surface area contributed by atoms with Crippen LogP contribution in [0.5, 0.6) is 0 Å². The molecule has 0 aliphatic carbocycles. The average molecular weight is 1230 g/mol. The van der Waals surface area contributed by atoms with Crippen LogP contribution in [0.4, 0.5) is 0 Å². The highest BCUT2D eigenvalue weighted by Gasteiger charge is 2.22. The molecular formula is C76H140NO8P. The van der Waals surface area contributed by atoms with Crippen LogP contribution < -0.4 is 4.89 Å². The van der Waals surface area contributed by atoms with Gasteiger partial charge < -0.3 is 27.9 Å². The van der Waals surface area contributed by atoms with Crippen molar-refractivity contribution in [2.75, 3.05) is 47.5 Å². The van der Waals surface area contributed by atoms with Crippen molar-refractivity contribution in [2.24, 2.45) is 0 Å². The normalized spacial score (nSPS) is 13.5. The van der Waals surface area contributed by atoms with Gasteiger partial charge in [0.05, 0.1) is 27.7 Å². The molecule has 0 saturated heterocycles. The fraction of sp³-hybridized carbons (Fsp3) is 0.816. The van der Waals surface area contributed by atoms with Crippen LogP contribution in [0.3, 0.4) is 0 Å². The van der Waals surface area contributed by atoms with Gasteiger partial charge in [0.1, 0.15) is 19.8 Å². The zero-order valence-electron chi connectivity index (χ0n) is 57.3. The molecule has 9 nitrogen and oxygen atoms in total. The molecule has 86 heavy (non-hydrogen) atoms. The van der Waals surface area contributed by atoms with Gasteiger partial charge in [-0.1, -0.05) is 324 Å². The molecule has 0 fully saturated rings. The number of likely N-dealkylation sites (N-methyl/N-ethyl adjacent to an activating group) is 1. The second kappa shape index (κ2) is 66.9. The van der Waals surface area contributed by atoms with E-state index in [0.29, 0.717) is 17.4 Å². The molecule has 0 rings (SSSR count). The maximum atomic E-state index is 12.9. The van der Waals surface area contributed by atoms with E-state index < -0.39 is 26.5 Å². The molecular weight excluding hydrogens is 1090 g/mol. The van der Waals surface area contributed by atoms with E-state index in [1.165, 1.54) is 244 Å². The summed E-state index contributed by atoms with van der Waals surface area (Å²) in [5, 5.41) is 0. The van der Waals surface area contributed by atoms with Crippen LogP contribution in [0.15, 0.2) is 72.9 Å². The molecule has 0 aliphatic heterocycles. The molecule has 0 saturated carbocycles. The number of hydrogen-bond donors (Lipinski definition) is 0. The first-order valence-electron chi connectivity index (χ1n) is 36.6. The smallest absolute Gasteiger partial charge is 0.306 e. The van der Waals surface area contributed by atoms with Crippen LogP contribution in [-0.4, -0.2) is 70.0 Å². The lowest BCUT2D eigenvalue weighted by Gasteiger charge is -2.28. The first-order valence-corrected chi connectivity index (χ1v) is 38.1. The van der Waals surface area contributed by atoms with Crippen LogP contribution in [0, 0.1) is 0 Å². The van der Waals surface area contributed by atoms with Gasteiger partial charge in [-0.05, 0) is 83.5 Å². The molecule has 502 valence electrons. The first-order chi connectivity index (χ1) is 42.0. The van der Waals surface area contributed by atoms with Crippen molar-refractivity contribution in [1.29, 1.82) is 0 Å². The lowest BCUT2D eigenvalue weighted by atomic mass is 10.0. The summed E-state index contributed by atoms with van der Waals surface area (Å²) < 4.78 is 34.4. The SMILES string of the molecule is CC/C=C\C/C=C\C/C=C\C/C=C\C/C=C\CCCCCCCCCCCCCCCCCC(=O)OC(COC(=O)CCCCCCCCCCCCCCCCCCCCC/C=C\CCCCCCCCCC)COP(=O)([O-])OCC[N+](C)(C)C. The number of allylic oxidation sites excluding steroid dienone is 12. The Labute approximate surface area is 533 Å². The molecule has 0 bridgehead atoms. The number of carbonyl (C=O) groups is 2. The Morgan fingerprint density at radius 1 is 0.372 bits per heavy atom. The molecule has 0 N–H and O–H groups in total. The van der Waals surface area contributed by atoms with Crippen LogP contribution in [0.1, 0.15) is 348 Å². The Morgan fingerprint density at radius 2 is 0.663 bits per heavy atom. The highest BCUT2D eigenvalue weighted by molar-refractivity contribution is 7.45. The van der Waals surface area contributed by atoms with Crippen LogP contribution in [0.25, 0.3) is 0 Å². The largest absolute Gasteiger partial charge is 0.756 e. The van der Waals surface area contributed by atoms with E-state index in [9.17, 15) is 19.0 Å². The summed E-state index contributed by atoms with van der Waals surface area (Å²) in [6, 6.07) is 0. The predicted molar refractivity (Wildman–Crippen MR) is 370 cm³/mol. The van der Waals surface area contributed by atoms with Crippen molar-refractivity contribution >= 4 is 19.8 Å². The third-order valence-electron chi connectivity index (χ3n) is 16.2. The van der Waals surface area contributed by atoms with Gasteiger partial charge in [0.25, 0.3) is 7.82 Å². The van der Waals surface area contributed by atoms with E-state index in [-0.39, 0.29) is 32.0 Å². The number of unbranched alkanes of at least 4 members (excludes halogenated alkanes) is 42. The van der Waals surface area contributed by atoms with E-state index in [1.54, 1.807) is 0 Å². The maximum absolute atomic E-state index is 12.9. The Kier molecular flexibility index (Phi) is 64.9. The highest BCUT2D eigenvalue weighted by Crippen LogP contribution is 2.38. The quantitative estimate of drug-likeness (QED) is 0.0195. The number of esters is 2. The number of nitrogens with zero attached hydrogens (tertiary/aromatic N) is 1. The molecule has 0 aliphatic rings. The van der Waals surface area contributed by atoms with Crippen LogP contribution >= 0.6 is 7.82 Å². The second-order valence-electron chi connectivity index (χ2n) is 25.9. The van der Waals surface area contributed by atoms with Crippen molar-refractivity contribution in [1.82, 2.24) is 0 Å². The van der Waals surface area contributed by atoms with Crippen molar-refractivity contribution in [3.8, 4) is 0 Å². The number of phosphoric acid groups is 1. The van der Waals surface area contributed by atoms with E-state index in [1.807, 2.05) is 21.1 Å². The number of quaternary nitrogens is 1. The van der Waals surface area contributed by atoms with Crippen molar-refractivity contribution in [3.05, 3.63) is 72.9 Å². The van der Waals surface area contributed by atoms with Gasteiger partial charge in [-0.2, -0.15) is 0 Å². The molecule has 2 atom stereocenters. The summed E-state index contributed by atoms with van der Waals surface area (Å²) in [6.07, 6.45) is 90.0. The third-order valence-corrected chi connectivity index (χ3v) is 17.2. The second-order valence-corrected chi connectivity index (χ2v) is 27.3. The zero-order chi connectivity index (χ0) is 62.6. The molecule has 0 radical (unpaired) electrons.